The highest BCUT2D eigenvalue weighted by Crippen LogP contribution is 2.28. The zero-order valence-electron chi connectivity index (χ0n) is 18.7. The Morgan fingerprint density at radius 2 is 1.58 bits per heavy atom. The summed E-state index contributed by atoms with van der Waals surface area (Å²) in [6.07, 6.45) is 5.96. The SMILES string of the molecule is COc1ccc(C(=O)Nc2ccc(C(=O)N3CCCCCC3)cc2)cc1S(=O)(=O)NC1CC1. The molecular weight excluding hydrogens is 442 g/mol. The second kappa shape index (κ2) is 9.93. The monoisotopic (exact) mass is 471 g/mol. The maximum absolute atomic E-state index is 12.8. The number of hydrogen-bond acceptors (Lipinski definition) is 5. The highest BCUT2D eigenvalue weighted by molar-refractivity contribution is 7.89. The summed E-state index contributed by atoms with van der Waals surface area (Å²) in [7, 11) is -2.41. The van der Waals surface area contributed by atoms with Crippen LogP contribution in [-0.2, 0) is 10.0 Å². The Hall–Kier alpha value is -2.91. The van der Waals surface area contributed by atoms with E-state index in [0.29, 0.717) is 11.3 Å². The Balaban J connectivity index is 1.46. The van der Waals surface area contributed by atoms with Crippen molar-refractivity contribution in [3.8, 4) is 5.75 Å². The lowest BCUT2D eigenvalue weighted by atomic mass is 10.1. The van der Waals surface area contributed by atoms with Crippen LogP contribution in [0.25, 0.3) is 0 Å². The predicted octanol–water partition coefficient (Wildman–Crippen LogP) is 3.40. The van der Waals surface area contributed by atoms with Gasteiger partial charge < -0.3 is 15.0 Å². The summed E-state index contributed by atoms with van der Waals surface area (Å²) in [5.74, 6) is -0.272. The number of nitrogens with one attached hydrogen (secondary N) is 2. The maximum atomic E-state index is 12.8. The van der Waals surface area contributed by atoms with Crippen molar-refractivity contribution >= 4 is 27.5 Å². The maximum Gasteiger partial charge on any atom is 0.255 e. The molecule has 2 fully saturated rings. The number of carbonyl (C=O) groups is 2. The highest BCUT2D eigenvalue weighted by Gasteiger charge is 2.30. The molecule has 2 aromatic rings. The minimum absolute atomic E-state index is 0.00272. The lowest BCUT2D eigenvalue weighted by Crippen LogP contribution is -2.31. The zero-order valence-corrected chi connectivity index (χ0v) is 19.5. The average molecular weight is 472 g/mol. The third-order valence-corrected chi connectivity index (χ3v) is 7.44. The van der Waals surface area contributed by atoms with Crippen LogP contribution in [0.4, 0.5) is 5.69 Å². The smallest absolute Gasteiger partial charge is 0.255 e. The van der Waals surface area contributed by atoms with E-state index in [-0.39, 0.29) is 28.2 Å². The van der Waals surface area contributed by atoms with Crippen molar-refractivity contribution in [1.29, 1.82) is 0 Å². The van der Waals surface area contributed by atoms with E-state index in [1.54, 1.807) is 24.3 Å². The first-order valence-corrected chi connectivity index (χ1v) is 12.8. The summed E-state index contributed by atoms with van der Waals surface area (Å²) in [4.78, 5) is 27.4. The summed E-state index contributed by atoms with van der Waals surface area (Å²) in [5.41, 5.74) is 1.29. The fourth-order valence-corrected chi connectivity index (χ4v) is 5.37. The van der Waals surface area contributed by atoms with E-state index in [1.807, 2.05) is 4.90 Å². The molecule has 0 atom stereocenters. The summed E-state index contributed by atoms with van der Waals surface area (Å²) in [5, 5.41) is 2.76. The standard InChI is InChI=1S/C24H29N3O5S/c1-32-21-13-8-18(16-22(21)33(30,31)26-20-11-12-20)23(28)25-19-9-6-17(7-10-19)24(29)27-14-4-2-3-5-15-27/h6-10,13,16,20,26H,2-5,11-12,14-15H2,1H3,(H,25,28). The molecule has 0 aromatic heterocycles. The van der Waals surface area contributed by atoms with Crippen molar-refractivity contribution in [3.63, 3.8) is 0 Å². The normalized spacial score (nSPS) is 16.7. The molecule has 1 saturated heterocycles. The third kappa shape index (κ3) is 5.72. The second-order valence-electron chi connectivity index (χ2n) is 8.50. The lowest BCUT2D eigenvalue weighted by molar-refractivity contribution is 0.0761. The minimum atomic E-state index is -3.79. The van der Waals surface area contributed by atoms with Crippen molar-refractivity contribution < 1.29 is 22.7 Å². The first-order chi connectivity index (χ1) is 15.9. The van der Waals surface area contributed by atoms with Crippen LogP contribution in [0.15, 0.2) is 47.4 Å². The van der Waals surface area contributed by atoms with Gasteiger partial charge in [0.15, 0.2) is 0 Å². The molecule has 0 radical (unpaired) electrons. The number of methoxy groups -OCH3 is 1. The van der Waals surface area contributed by atoms with Gasteiger partial charge in [-0.3, -0.25) is 9.59 Å². The number of sulfonamides is 1. The first kappa shape index (κ1) is 23.3. The van der Waals surface area contributed by atoms with E-state index in [0.717, 1.165) is 51.6 Å². The lowest BCUT2D eigenvalue weighted by Gasteiger charge is -2.20. The van der Waals surface area contributed by atoms with E-state index in [1.165, 1.54) is 25.3 Å². The number of amides is 2. The number of likely N-dealkylation sites (tertiary alicyclic amines) is 1. The van der Waals surface area contributed by atoms with E-state index >= 15 is 0 Å². The van der Waals surface area contributed by atoms with Crippen LogP contribution < -0.4 is 14.8 Å². The van der Waals surface area contributed by atoms with Crippen LogP contribution in [-0.4, -0.2) is 51.4 Å². The van der Waals surface area contributed by atoms with E-state index in [2.05, 4.69) is 10.0 Å². The summed E-state index contributed by atoms with van der Waals surface area (Å²) >= 11 is 0. The number of hydrogen-bond donors (Lipinski definition) is 2. The van der Waals surface area contributed by atoms with Gasteiger partial charge in [-0.25, -0.2) is 13.1 Å². The quantitative estimate of drug-likeness (QED) is 0.644. The number of benzene rings is 2. The molecule has 0 spiro atoms. The summed E-state index contributed by atoms with van der Waals surface area (Å²) in [6, 6.07) is 11.0. The number of anilines is 1. The molecule has 9 heteroatoms. The zero-order chi connectivity index (χ0) is 23.4. The van der Waals surface area contributed by atoms with Crippen LogP contribution in [0, 0.1) is 0 Å². The van der Waals surface area contributed by atoms with Gasteiger partial charge in [0.05, 0.1) is 7.11 Å². The van der Waals surface area contributed by atoms with Crippen molar-refractivity contribution in [1.82, 2.24) is 9.62 Å². The topological polar surface area (TPSA) is 105 Å². The molecule has 2 aromatic carbocycles. The molecule has 2 N–H and O–H groups in total. The Labute approximate surface area is 194 Å². The molecule has 2 aliphatic rings. The highest BCUT2D eigenvalue weighted by atomic mass is 32.2. The molecule has 176 valence electrons. The molecule has 1 aliphatic carbocycles. The molecular formula is C24H29N3O5S. The van der Waals surface area contributed by atoms with Gasteiger partial charge in [0.25, 0.3) is 11.8 Å². The van der Waals surface area contributed by atoms with Crippen LogP contribution in [0.5, 0.6) is 5.75 Å². The average Bonchev–Trinajstić information content (AvgIpc) is 3.65. The van der Waals surface area contributed by atoms with Crippen LogP contribution in [0.3, 0.4) is 0 Å². The van der Waals surface area contributed by atoms with Crippen LogP contribution in [0.1, 0.15) is 59.2 Å². The number of carbonyl (C=O) groups excluding carboxylic acids is 2. The van der Waals surface area contributed by atoms with E-state index in [9.17, 15) is 18.0 Å². The van der Waals surface area contributed by atoms with Gasteiger partial charge in [-0.15, -0.1) is 0 Å². The molecule has 4 rings (SSSR count). The van der Waals surface area contributed by atoms with Crippen molar-refractivity contribution in [2.45, 2.75) is 49.5 Å². The molecule has 2 amide bonds. The van der Waals surface area contributed by atoms with Gasteiger partial charge in [-0.2, -0.15) is 0 Å². The summed E-state index contributed by atoms with van der Waals surface area (Å²) < 4.78 is 33.2. The molecule has 33 heavy (non-hydrogen) atoms. The number of ether oxygens (including phenoxy) is 1. The van der Waals surface area contributed by atoms with E-state index in [4.69, 9.17) is 4.74 Å². The first-order valence-electron chi connectivity index (χ1n) is 11.3. The van der Waals surface area contributed by atoms with Crippen molar-refractivity contribution in [3.05, 3.63) is 53.6 Å². The number of nitrogens with zero attached hydrogens (tertiary/aromatic N) is 1. The third-order valence-electron chi connectivity index (χ3n) is 5.90. The minimum Gasteiger partial charge on any atom is -0.495 e. The van der Waals surface area contributed by atoms with Crippen LogP contribution in [0.2, 0.25) is 0 Å². The van der Waals surface area contributed by atoms with Crippen molar-refractivity contribution in [2.24, 2.45) is 0 Å². The van der Waals surface area contributed by atoms with Crippen molar-refractivity contribution in [2.75, 3.05) is 25.5 Å². The van der Waals surface area contributed by atoms with Gasteiger partial charge in [-0.1, -0.05) is 12.8 Å². The second-order valence-corrected chi connectivity index (χ2v) is 10.2. The molecule has 1 heterocycles. The molecule has 1 aliphatic heterocycles. The van der Waals surface area contributed by atoms with E-state index < -0.39 is 15.9 Å². The van der Waals surface area contributed by atoms with Gasteiger partial charge in [0.1, 0.15) is 10.6 Å². The summed E-state index contributed by atoms with van der Waals surface area (Å²) in [6.45, 7) is 1.55. The van der Waals surface area contributed by atoms with Gasteiger partial charge in [0, 0.05) is 35.9 Å². The predicted molar refractivity (Wildman–Crippen MR) is 125 cm³/mol. The molecule has 1 saturated carbocycles. The Morgan fingerprint density at radius 3 is 2.18 bits per heavy atom. The fraction of sp³-hybridized carbons (Fsp3) is 0.417. The largest absolute Gasteiger partial charge is 0.495 e. The molecule has 8 nitrogen and oxygen atoms in total. The fourth-order valence-electron chi connectivity index (χ4n) is 3.87. The number of rotatable bonds is 7. The Morgan fingerprint density at radius 1 is 0.939 bits per heavy atom. The van der Waals surface area contributed by atoms with Crippen LogP contribution >= 0.6 is 0 Å². The Bertz CT molecular complexity index is 1120. The van der Waals surface area contributed by atoms with Gasteiger partial charge in [0.2, 0.25) is 10.0 Å². The molecule has 0 bridgehead atoms. The Kier molecular flexibility index (Phi) is 6.99. The molecule has 0 unspecified atom stereocenters. The van der Waals surface area contributed by atoms with Gasteiger partial charge >= 0.3 is 0 Å². The van der Waals surface area contributed by atoms with Gasteiger partial charge in [-0.05, 0) is 68.1 Å².